The number of rotatable bonds is 9. The zero-order valence-electron chi connectivity index (χ0n) is 21.9. The van der Waals surface area contributed by atoms with Gasteiger partial charge in [0, 0.05) is 17.3 Å². The predicted octanol–water partition coefficient (Wildman–Crippen LogP) is 4.66. The van der Waals surface area contributed by atoms with Crippen LogP contribution < -0.4 is 14.2 Å². The van der Waals surface area contributed by atoms with E-state index in [2.05, 4.69) is 5.32 Å². The molecule has 212 valence electrons. The Labute approximate surface area is 239 Å². The molecule has 1 N–H and O–H groups in total. The van der Waals surface area contributed by atoms with Gasteiger partial charge in [0.1, 0.15) is 11.4 Å². The SMILES string of the molecule is COc1cc(/C=C2\SC(=O)N(CC(=O)Nc3ccccc3C)C2=O)ccc1OS(=O)(=O)c1ccc(C)c([N+](=O)[O-])c1. The maximum Gasteiger partial charge on any atom is 0.339 e. The Morgan fingerprint density at radius 3 is 2.46 bits per heavy atom. The number of nitro groups is 1. The summed E-state index contributed by atoms with van der Waals surface area (Å²) >= 11 is 0.653. The molecule has 0 saturated carbocycles. The van der Waals surface area contributed by atoms with Crippen LogP contribution in [0.3, 0.4) is 0 Å². The van der Waals surface area contributed by atoms with E-state index in [9.17, 15) is 32.9 Å². The van der Waals surface area contributed by atoms with Crippen LogP contribution in [0.5, 0.6) is 11.5 Å². The number of ether oxygens (including phenoxy) is 1. The van der Waals surface area contributed by atoms with Crippen molar-refractivity contribution in [2.24, 2.45) is 0 Å². The van der Waals surface area contributed by atoms with Crippen molar-refractivity contribution in [3.8, 4) is 11.5 Å². The number of methoxy groups -OCH3 is 1. The van der Waals surface area contributed by atoms with Crippen LogP contribution in [0.15, 0.2) is 70.5 Å². The van der Waals surface area contributed by atoms with E-state index >= 15 is 0 Å². The number of aryl methyl sites for hydroxylation is 2. The molecule has 0 bridgehead atoms. The number of nitro benzene ring substituents is 1. The van der Waals surface area contributed by atoms with Crippen molar-refractivity contribution >= 4 is 56.4 Å². The molecule has 1 fully saturated rings. The first kappa shape index (κ1) is 29.3. The summed E-state index contributed by atoms with van der Waals surface area (Å²) in [5.41, 5.74) is 1.68. The number of carbonyl (C=O) groups excluding carboxylic acids is 3. The highest BCUT2D eigenvalue weighted by molar-refractivity contribution is 8.18. The molecule has 3 amide bonds. The Balaban J connectivity index is 1.51. The fourth-order valence-corrected chi connectivity index (χ4v) is 5.58. The lowest BCUT2D eigenvalue weighted by molar-refractivity contribution is -0.385. The number of benzene rings is 3. The molecule has 14 heteroatoms. The molecule has 1 aliphatic rings. The van der Waals surface area contributed by atoms with Crippen molar-refractivity contribution in [1.82, 2.24) is 4.90 Å². The van der Waals surface area contributed by atoms with Crippen LogP contribution in [-0.4, -0.2) is 48.9 Å². The molecule has 3 aromatic carbocycles. The summed E-state index contributed by atoms with van der Waals surface area (Å²) in [5, 5.41) is 13.3. The number of para-hydroxylation sites is 1. The standard InChI is InChI=1S/C27H23N3O9S2/c1-16-6-4-5-7-20(16)28-25(31)15-29-26(32)24(40-27(29)33)13-18-9-11-22(23(12-18)38-3)39-41(36,37)19-10-8-17(2)21(14-19)30(34)35/h4-14H,15H2,1-3H3,(H,28,31)/b24-13-. The quantitative estimate of drug-likeness (QED) is 0.159. The molecular weight excluding hydrogens is 574 g/mol. The number of anilines is 1. The highest BCUT2D eigenvalue weighted by Crippen LogP contribution is 2.36. The summed E-state index contributed by atoms with van der Waals surface area (Å²) in [6, 6.07) is 14.6. The molecule has 0 atom stereocenters. The summed E-state index contributed by atoms with van der Waals surface area (Å²) in [5.74, 6) is -1.41. The Kier molecular flexibility index (Phi) is 8.44. The lowest BCUT2D eigenvalue weighted by atomic mass is 10.2. The smallest absolute Gasteiger partial charge is 0.339 e. The lowest BCUT2D eigenvalue weighted by Crippen LogP contribution is -2.36. The van der Waals surface area contributed by atoms with Crippen molar-refractivity contribution in [1.29, 1.82) is 0 Å². The monoisotopic (exact) mass is 597 g/mol. The van der Waals surface area contributed by atoms with Crippen LogP contribution in [0.2, 0.25) is 0 Å². The number of nitrogens with zero attached hydrogens (tertiary/aromatic N) is 2. The van der Waals surface area contributed by atoms with E-state index in [1.54, 1.807) is 12.1 Å². The van der Waals surface area contributed by atoms with E-state index < -0.39 is 43.5 Å². The third kappa shape index (κ3) is 6.56. The molecule has 41 heavy (non-hydrogen) atoms. The molecule has 1 aliphatic heterocycles. The van der Waals surface area contributed by atoms with Gasteiger partial charge in [-0.15, -0.1) is 0 Å². The summed E-state index contributed by atoms with van der Waals surface area (Å²) in [6.07, 6.45) is 1.40. The van der Waals surface area contributed by atoms with Crippen molar-refractivity contribution in [2.75, 3.05) is 19.0 Å². The van der Waals surface area contributed by atoms with Crippen molar-refractivity contribution in [3.63, 3.8) is 0 Å². The fraction of sp³-hybridized carbons (Fsp3) is 0.148. The maximum atomic E-state index is 12.9. The minimum absolute atomic E-state index is 0.0132. The number of imide groups is 1. The largest absolute Gasteiger partial charge is 0.493 e. The van der Waals surface area contributed by atoms with E-state index in [1.807, 2.05) is 19.1 Å². The number of carbonyl (C=O) groups is 3. The summed E-state index contributed by atoms with van der Waals surface area (Å²) in [7, 11) is -3.19. The van der Waals surface area contributed by atoms with Crippen molar-refractivity contribution in [2.45, 2.75) is 18.7 Å². The molecule has 12 nitrogen and oxygen atoms in total. The van der Waals surface area contributed by atoms with Gasteiger partial charge in [0.2, 0.25) is 5.91 Å². The number of hydrogen-bond acceptors (Lipinski definition) is 10. The average molecular weight is 598 g/mol. The van der Waals surface area contributed by atoms with Crippen molar-refractivity contribution in [3.05, 3.63) is 92.4 Å². The highest BCUT2D eigenvalue weighted by atomic mass is 32.2. The Bertz CT molecular complexity index is 1720. The van der Waals surface area contributed by atoms with E-state index in [1.165, 1.54) is 50.4 Å². The van der Waals surface area contributed by atoms with Gasteiger partial charge in [-0.05, 0) is 67.1 Å². The minimum atomic E-state index is -4.46. The number of thioether (sulfide) groups is 1. The van der Waals surface area contributed by atoms with E-state index in [0.29, 0.717) is 23.0 Å². The molecular formula is C27H23N3O9S2. The average Bonchev–Trinajstić information content (AvgIpc) is 3.17. The first-order valence-electron chi connectivity index (χ1n) is 11.9. The number of amides is 3. The lowest BCUT2D eigenvalue weighted by Gasteiger charge is -2.13. The van der Waals surface area contributed by atoms with Gasteiger partial charge in [-0.3, -0.25) is 29.4 Å². The van der Waals surface area contributed by atoms with Gasteiger partial charge in [0.15, 0.2) is 11.5 Å². The van der Waals surface area contributed by atoms with E-state index in [-0.39, 0.29) is 27.7 Å². The second-order valence-corrected chi connectivity index (χ2v) is 11.3. The second-order valence-electron chi connectivity index (χ2n) is 8.78. The first-order valence-corrected chi connectivity index (χ1v) is 14.1. The molecule has 0 spiro atoms. The Hall–Kier alpha value is -4.69. The molecule has 3 aromatic rings. The molecule has 0 aliphatic carbocycles. The van der Waals surface area contributed by atoms with Gasteiger partial charge in [0.25, 0.3) is 16.8 Å². The Morgan fingerprint density at radius 2 is 1.78 bits per heavy atom. The van der Waals surface area contributed by atoms with Crippen molar-refractivity contribution < 1.29 is 36.6 Å². The van der Waals surface area contributed by atoms with Gasteiger partial charge in [0.05, 0.1) is 16.9 Å². The molecule has 1 heterocycles. The molecule has 0 unspecified atom stereocenters. The molecule has 1 saturated heterocycles. The van der Waals surface area contributed by atoms with Gasteiger partial charge in [-0.1, -0.05) is 30.3 Å². The van der Waals surface area contributed by atoms with Crippen LogP contribution in [0.4, 0.5) is 16.2 Å². The third-order valence-electron chi connectivity index (χ3n) is 5.95. The summed E-state index contributed by atoms with van der Waals surface area (Å²) < 4.78 is 36.1. The maximum absolute atomic E-state index is 12.9. The van der Waals surface area contributed by atoms with Crippen LogP contribution in [0, 0.1) is 24.0 Å². The minimum Gasteiger partial charge on any atom is -0.493 e. The van der Waals surface area contributed by atoms with Gasteiger partial charge in [-0.2, -0.15) is 8.42 Å². The summed E-state index contributed by atoms with van der Waals surface area (Å²) in [6.45, 7) is 2.82. The topological polar surface area (TPSA) is 162 Å². The number of hydrogen-bond donors (Lipinski definition) is 1. The van der Waals surface area contributed by atoms with Crippen LogP contribution in [-0.2, 0) is 19.7 Å². The van der Waals surface area contributed by atoms with Gasteiger partial charge >= 0.3 is 10.1 Å². The van der Waals surface area contributed by atoms with E-state index in [4.69, 9.17) is 8.92 Å². The number of nitrogens with one attached hydrogen (secondary N) is 1. The predicted molar refractivity (Wildman–Crippen MR) is 151 cm³/mol. The normalized spacial score (nSPS) is 14.3. The first-order chi connectivity index (χ1) is 19.4. The summed E-state index contributed by atoms with van der Waals surface area (Å²) in [4.78, 5) is 48.9. The van der Waals surface area contributed by atoms with Crippen LogP contribution in [0.25, 0.3) is 6.08 Å². The molecule has 4 rings (SSSR count). The molecule has 0 radical (unpaired) electrons. The van der Waals surface area contributed by atoms with Crippen LogP contribution in [0.1, 0.15) is 16.7 Å². The van der Waals surface area contributed by atoms with E-state index in [0.717, 1.165) is 16.5 Å². The zero-order valence-corrected chi connectivity index (χ0v) is 23.6. The second kappa shape index (κ2) is 11.8. The van der Waals surface area contributed by atoms with Crippen LogP contribution >= 0.6 is 11.8 Å². The zero-order chi connectivity index (χ0) is 29.9. The Morgan fingerprint density at radius 1 is 1.05 bits per heavy atom. The highest BCUT2D eigenvalue weighted by Gasteiger charge is 2.36. The fourth-order valence-electron chi connectivity index (χ4n) is 3.78. The van der Waals surface area contributed by atoms with Gasteiger partial charge < -0.3 is 14.2 Å². The molecule has 0 aromatic heterocycles. The third-order valence-corrected chi connectivity index (χ3v) is 8.08. The van der Waals surface area contributed by atoms with Gasteiger partial charge in [-0.25, -0.2) is 0 Å².